The molecule has 0 saturated heterocycles. The van der Waals surface area contributed by atoms with E-state index in [9.17, 15) is 13.6 Å². The Morgan fingerprint density at radius 3 is 2.47 bits per heavy atom. The second kappa shape index (κ2) is 6.55. The zero-order valence-corrected chi connectivity index (χ0v) is 9.27. The fourth-order valence-electron chi connectivity index (χ4n) is 0.783. The Bertz CT molecular complexity index is 193. The van der Waals surface area contributed by atoms with Crippen LogP contribution in [0.15, 0.2) is 0 Å². The normalized spacial score (nSPS) is 11.6. The minimum absolute atomic E-state index is 0.178. The van der Waals surface area contributed by atoms with Gasteiger partial charge in [0.2, 0.25) is 6.43 Å². The van der Waals surface area contributed by atoms with Crippen molar-refractivity contribution in [3.63, 3.8) is 0 Å². The summed E-state index contributed by atoms with van der Waals surface area (Å²) in [6.07, 6.45) is -2.79. The molecular weight excluding hydrogens is 206 g/mol. The van der Waals surface area contributed by atoms with Crippen molar-refractivity contribution in [2.45, 2.75) is 45.6 Å². The van der Waals surface area contributed by atoms with Crippen LogP contribution in [0, 0.1) is 0 Å². The van der Waals surface area contributed by atoms with Crippen LogP contribution >= 0.6 is 0 Å². The van der Waals surface area contributed by atoms with Gasteiger partial charge in [0.15, 0.2) is 0 Å². The number of carbonyl (C=O) groups excluding carboxylic acids is 1. The van der Waals surface area contributed by atoms with E-state index in [4.69, 9.17) is 4.74 Å². The lowest BCUT2D eigenvalue weighted by atomic mass is 10.2. The van der Waals surface area contributed by atoms with Gasteiger partial charge in [-0.15, -0.1) is 0 Å². The first-order valence-corrected chi connectivity index (χ1v) is 4.81. The molecule has 0 aromatic rings. The monoisotopic (exact) mass is 224 g/mol. The minimum Gasteiger partial charge on any atom is -0.443 e. The van der Waals surface area contributed by atoms with Gasteiger partial charge in [0.05, 0.1) is 0 Å². The van der Waals surface area contributed by atoms with E-state index in [0.29, 0.717) is 13.0 Å². The summed E-state index contributed by atoms with van der Waals surface area (Å²) in [6, 6.07) is 0. The molecule has 1 amide bonds. The predicted molar refractivity (Wildman–Crippen MR) is 52.6 cm³/mol. The van der Waals surface area contributed by atoms with E-state index >= 15 is 0 Å². The number of alkyl halides is 2. The molecule has 0 unspecified atom stereocenters. The van der Waals surface area contributed by atoms with Crippen molar-refractivity contribution in [2.24, 2.45) is 0 Å². The highest BCUT2D eigenvalue weighted by molar-refractivity contribution is 5.66. The largest absolute Gasteiger partial charge is 0.443 e. The van der Waals surface area contributed by atoms with Gasteiger partial charge in [-0.1, -0.05) is 0 Å². The zero-order chi connectivity index (χ0) is 11.9. The zero-order valence-electron chi connectivity index (χ0n) is 9.27. The summed E-state index contributed by atoms with van der Waals surface area (Å²) in [4.78, 5) is 11.0. The molecule has 2 N–H and O–H groups in total. The van der Waals surface area contributed by atoms with Crippen molar-refractivity contribution in [1.82, 2.24) is 10.9 Å². The standard InChI is InChI=1S/C9H18F2N2O2/c1-9(2,3)15-8(14)13-12-6-4-5-7(10)11/h7,12H,4-6H2,1-3H3,(H,13,14). The number of hydrazine groups is 1. The highest BCUT2D eigenvalue weighted by atomic mass is 19.3. The quantitative estimate of drug-likeness (QED) is 0.555. The molecule has 0 aliphatic heterocycles. The van der Waals surface area contributed by atoms with Crippen molar-refractivity contribution in [1.29, 1.82) is 0 Å². The maximum Gasteiger partial charge on any atom is 0.422 e. The van der Waals surface area contributed by atoms with Crippen molar-refractivity contribution in [3.8, 4) is 0 Å². The lowest BCUT2D eigenvalue weighted by Gasteiger charge is -2.19. The second-order valence-corrected chi connectivity index (χ2v) is 4.09. The third-order valence-corrected chi connectivity index (χ3v) is 1.31. The van der Waals surface area contributed by atoms with E-state index in [-0.39, 0.29) is 6.42 Å². The van der Waals surface area contributed by atoms with Gasteiger partial charge in [-0.3, -0.25) is 5.43 Å². The van der Waals surface area contributed by atoms with Crippen LogP contribution in [0.4, 0.5) is 13.6 Å². The number of ether oxygens (including phenoxy) is 1. The summed E-state index contributed by atoms with van der Waals surface area (Å²) >= 11 is 0. The molecule has 0 bridgehead atoms. The molecule has 90 valence electrons. The molecular formula is C9H18F2N2O2. The average molecular weight is 224 g/mol. The maximum atomic E-state index is 11.7. The van der Waals surface area contributed by atoms with Crippen LogP contribution in [0.1, 0.15) is 33.6 Å². The minimum atomic E-state index is -2.30. The number of hydrogen-bond acceptors (Lipinski definition) is 3. The maximum absolute atomic E-state index is 11.7. The average Bonchev–Trinajstić information content (AvgIpc) is 1.99. The Morgan fingerprint density at radius 1 is 1.40 bits per heavy atom. The van der Waals surface area contributed by atoms with Crippen molar-refractivity contribution in [3.05, 3.63) is 0 Å². The molecule has 0 aliphatic rings. The van der Waals surface area contributed by atoms with Gasteiger partial charge in [-0.25, -0.2) is 19.0 Å². The summed E-state index contributed by atoms with van der Waals surface area (Å²) < 4.78 is 28.3. The van der Waals surface area contributed by atoms with Gasteiger partial charge in [-0.2, -0.15) is 0 Å². The molecule has 0 aliphatic carbocycles. The Balaban J connectivity index is 3.40. The van der Waals surface area contributed by atoms with E-state index < -0.39 is 18.1 Å². The van der Waals surface area contributed by atoms with Crippen LogP contribution in [0.5, 0.6) is 0 Å². The lowest BCUT2D eigenvalue weighted by molar-refractivity contribution is 0.0497. The fraction of sp³-hybridized carbons (Fsp3) is 0.889. The van der Waals surface area contributed by atoms with Gasteiger partial charge in [0.25, 0.3) is 0 Å². The number of carbonyl (C=O) groups is 1. The van der Waals surface area contributed by atoms with E-state index in [1.54, 1.807) is 20.8 Å². The first-order chi connectivity index (χ1) is 6.81. The lowest BCUT2D eigenvalue weighted by Crippen LogP contribution is -2.41. The Hall–Kier alpha value is -0.910. The van der Waals surface area contributed by atoms with Crippen LogP contribution in [0.25, 0.3) is 0 Å². The molecule has 0 rings (SSSR count). The SMILES string of the molecule is CC(C)(C)OC(=O)NNCCCC(F)F. The summed E-state index contributed by atoms with van der Waals surface area (Å²) in [7, 11) is 0. The number of rotatable bonds is 5. The molecule has 0 atom stereocenters. The van der Waals surface area contributed by atoms with Gasteiger partial charge in [0.1, 0.15) is 5.60 Å². The number of halogens is 2. The molecule has 0 aromatic carbocycles. The van der Waals surface area contributed by atoms with Crippen LogP contribution in [-0.2, 0) is 4.74 Å². The van der Waals surface area contributed by atoms with Gasteiger partial charge < -0.3 is 4.74 Å². The van der Waals surface area contributed by atoms with E-state index in [1.807, 2.05) is 0 Å². The first kappa shape index (κ1) is 14.1. The molecule has 4 nitrogen and oxygen atoms in total. The van der Waals surface area contributed by atoms with Crippen molar-refractivity contribution >= 4 is 6.09 Å². The van der Waals surface area contributed by atoms with E-state index in [1.165, 1.54) is 0 Å². The van der Waals surface area contributed by atoms with Gasteiger partial charge >= 0.3 is 6.09 Å². The second-order valence-electron chi connectivity index (χ2n) is 4.09. The first-order valence-electron chi connectivity index (χ1n) is 4.81. The van der Waals surface area contributed by atoms with Crippen molar-refractivity contribution in [2.75, 3.05) is 6.54 Å². The number of nitrogens with one attached hydrogen (secondary N) is 2. The highest BCUT2D eigenvalue weighted by Gasteiger charge is 2.15. The molecule has 0 fully saturated rings. The molecule has 0 radical (unpaired) electrons. The fourth-order valence-corrected chi connectivity index (χ4v) is 0.783. The highest BCUT2D eigenvalue weighted by Crippen LogP contribution is 2.06. The third kappa shape index (κ3) is 11.0. The van der Waals surface area contributed by atoms with E-state index in [2.05, 4.69) is 10.9 Å². The Morgan fingerprint density at radius 2 is 2.00 bits per heavy atom. The van der Waals surface area contributed by atoms with Crippen LogP contribution in [0.2, 0.25) is 0 Å². The van der Waals surface area contributed by atoms with Crippen molar-refractivity contribution < 1.29 is 18.3 Å². The summed E-state index contributed by atoms with van der Waals surface area (Å²) in [6.45, 7) is 5.51. The molecule has 0 aromatic heterocycles. The van der Waals surface area contributed by atoms with E-state index in [0.717, 1.165) is 0 Å². The van der Waals surface area contributed by atoms with Crippen LogP contribution < -0.4 is 10.9 Å². The third-order valence-electron chi connectivity index (χ3n) is 1.31. The van der Waals surface area contributed by atoms with Gasteiger partial charge in [0, 0.05) is 13.0 Å². The Labute approximate surface area is 88.3 Å². The summed E-state index contributed by atoms with van der Waals surface area (Å²) in [5.41, 5.74) is 4.20. The predicted octanol–water partition coefficient (Wildman–Crippen LogP) is 2.06. The molecule has 0 spiro atoms. The molecule has 0 heterocycles. The van der Waals surface area contributed by atoms with Crippen LogP contribution in [-0.4, -0.2) is 24.7 Å². The topological polar surface area (TPSA) is 50.4 Å². The molecule has 0 saturated carbocycles. The molecule has 6 heteroatoms. The number of amides is 1. The number of hydrogen-bond donors (Lipinski definition) is 2. The van der Waals surface area contributed by atoms with Crippen LogP contribution in [0.3, 0.4) is 0 Å². The summed E-state index contributed by atoms with van der Waals surface area (Å²) in [5.74, 6) is 0. The smallest absolute Gasteiger partial charge is 0.422 e. The summed E-state index contributed by atoms with van der Waals surface area (Å²) in [5, 5.41) is 0. The Kier molecular flexibility index (Phi) is 6.15. The van der Waals surface area contributed by atoms with Gasteiger partial charge in [-0.05, 0) is 27.2 Å². The molecule has 15 heavy (non-hydrogen) atoms.